The lowest BCUT2D eigenvalue weighted by Crippen LogP contribution is -2.55. The van der Waals surface area contributed by atoms with Crippen LogP contribution in [0.2, 0.25) is 0 Å². The van der Waals surface area contributed by atoms with Crippen molar-refractivity contribution in [2.24, 2.45) is 5.92 Å². The summed E-state index contributed by atoms with van der Waals surface area (Å²) >= 11 is 0. The third-order valence-corrected chi connectivity index (χ3v) is 6.92. The van der Waals surface area contributed by atoms with E-state index in [4.69, 9.17) is 9.47 Å². The first-order valence-electron chi connectivity index (χ1n) is 13.1. The van der Waals surface area contributed by atoms with Crippen molar-refractivity contribution in [2.75, 3.05) is 62.4 Å². The molecule has 4 heterocycles. The number of rotatable bonds is 7. The van der Waals surface area contributed by atoms with Crippen LogP contribution in [0.1, 0.15) is 26.7 Å². The minimum absolute atomic E-state index is 0.165. The molecule has 2 fully saturated rings. The highest BCUT2D eigenvalue weighted by molar-refractivity contribution is 5.88. The van der Waals surface area contributed by atoms with Gasteiger partial charge in [0.15, 0.2) is 5.82 Å². The lowest BCUT2D eigenvalue weighted by atomic mass is 9.97. The highest BCUT2D eigenvalue weighted by Crippen LogP contribution is 2.24. The molecule has 14 heteroatoms. The predicted octanol–water partition coefficient (Wildman–Crippen LogP) is 2.63. The van der Waals surface area contributed by atoms with Crippen molar-refractivity contribution < 1.29 is 23.5 Å². The average Bonchev–Trinajstić information content (AvgIpc) is 2.91. The number of hydrogen-bond donors (Lipinski definition) is 2. The van der Waals surface area contributed by atoms with E-state index in [9.17, 15) is 14.0 Å². The topological polar surface area (TPSA) is 138 Å². The molecule has 0 radical (unpaired) electrons. The summed E-state index contributed by atoms with van der Waals surface area (Å²) in [4.78, 5) is 47.6. The molecule has 39 heavy (non-hydrogen) atoms. The zero-order valence-corrected chi connectivity index (χ0v) is 22.7. The molecule has 0 saturated carbocycles. The Morgan fingerprint density at radius 1 is 1.13 bits per heavy atom. The molecule has 2 aliphatic heterocycles. The van der Waals surface area contributed by atoms with Gasteiger partial charge < -0.3 is 24.2 Å². The van der Waals surface area contributed by atoms with Crippen molar-refractivity contribution in [1.29, 1.82) is 0 Å². The first kappa shape index (κ1) is 28.2. The van der Waals surface area contributed by atoms with Crippen molar-refractivity contribution >= 4 is 29.7 Å². The summed E-state index contributed by atoms with van der Waals surface area (Å²) in [6, 6.07) is 0.287. The number of carbonyl (C=O) groups excluding carboxylic acids is 2. The van der Waals surface area contributed by atoms with E-state index in [1.165, 1.54) is 30.5 Å². The third-order valence-electron chi connectivity index (χ3n) is 6.92. The number of likely N-dealkylation sites (N-methyl/N-ethyl adjacent to an activating group) is 1. The van der Waals surface area contributed by atoms with Crippen LogP contribution in [-0.4, -0.2) is 107 Å². The first-order chi connectivity index (χ1) is 18.7. The summed E-state index contributed by atoms with van der Waals surface area (Å²) in [6.07, 6.45) is 3.28. The molecular formula is C25H36FN9O4. The molecule has 2 aliphatic rings. The minimum Gasteiger partial charge on any atom is -0.477 e. The first-order valence-corrected chi connectivity index (χ1v) is 13.1. The maximum atomic E-state index is 14.9. The van der Waals surface area contributed by atoms with Gasteiger partial charge in [-0.2, -0.15) is 4.98 Å². The van der Waals surface area contributed by atoms with Gasteiger partial charge in [-0.05, 0) is 32.9 Å². The minimum atomic E-state index is -1.24. The van der Waals surface area contributed by atoms with Crippen molar-refractivity contribution in [3.8, 4) is 5.88 Å². The van der Waals surface area contributed by atoms with Crippen molar-refractivity contribution in [1.82, 2.24) is 29.7 Å². The number of piperidine rings is 2. The number of nitrogens with zero attached hydrogens (tertiary/aromatic N) is 7. The molecule has 0 spiro atoms. The average molecular weight is 546 g/mol. The van der Waals surface area contributed by atoms with Crippen LogP contribution in [0.4, 0.5) is 31.6 Å². The molecule has 2 aromatic heterocycles. The smallest absolute Gasteiger partial charge is 0.413 e. The van der Waals surface area contributed by atoms with Crippen molar-refractivity contribution in [2.45, 2.75) is 45.0 Å². The van der Waals surface area contributed by atoms with Gasteiger partial charge in [0.05, 0.1) is 25.0 Å². The zero-order valence-electron chi connectivity index (χ0n) is 22.7. The number of urea groups is 1. The molecule has 0 unspecified atom stereocenters. The molecular weight excluding hydrogens is 509 g/mol. The van der Waals surface area contributed by atoms with Crippen LogP contribution in [0.25, 0.3) is 0 Å². The van der Waals surface area contributed by atoms with Crippen LogP contribution in [0, 0.1) is 5.92 Å². The zero-order chi connectivity index (χ0) is 27.9. The van der Waals surface area contributed by atoms with E-state index in [0.29, 0.717) is 25.0 Å². The lowest BCUT2D eigenvalue weighted by molar-refractivity contribution is 0.0284. The van der Waals surface area contributed by atoms with Crippen LogP contribution in [0.15, 0.2) is 24.7 Å². The molecule has 0 aliphatic carbocycles. The van der Waals surface area contributed by atoms with Gasteiger partial charge in [-0.1, -0.05) is 6.92 Å². The third kappa shape index (κ3) is 7.40. The van der Waals surface area contributed by atoms with E-state index in [0.717, 1.165) is 19.5 Å². The molecule has 0 bridgehead atoms. The summed E-state index contributed by atoms with van der Waals surface area (Å²) in [5.41, 5.74) is 0. The second-order valence-electron chi connectivity index (χ2n) is 9.87. The Hall–Kier alpha value is -3.81. The monoisotopic (exact) mass is 545 g/mol. The molecule has 2 saturated heterocycles. The van der Waals surface area contributed by atoms with E-state index in [1.54, 1.807) is 11.0 Å². The van der Waals surface area contributed by atoms with E-state index in [2.05, 4.69) is 42.4 Å². The van der Waals surface area contributed by atoms with Gasteiger partial charge in [-0.15, -0.1) is 0 Å². The van der Waals surface area contributed by atoms with E-state index >= 15 is 0 Å². The Balaban J connectivity index is 1.35. The maximum Gasteiger partial charge on any atom is 0.413 e. The molecule has 2 aromatic rings. The number of nitrogens with one attached hydrogen (secondary N) is 2. The molecule has 2 N–H and O–H groups in total. The van der Waals surface area contributed by atoms with Crippen LogP contribution in [0.5, 0.6) is 5.88 Å². The van der Waals surface area contributed by atoms with Crippen LogP contribution in [0.3, 0.4) is 0 Å². The Labute approximate surface area is 227 Å². The highest BCUT2D eigenvalue weighted by Gasteiger charge is 2.35. The summed E-state index contributed by atoms with van der Waals surface area (Å²) in [6.45, 7) is 6.59. The van der Waals surface area contributed by atoms with Gasteiger partial charge in [0.1, 0.15) is 18.1 Å². The molecule has 4 rings (SSSR count). The van der Waals surface area contributed by atoms with Gasteiger partial charge in [-0.3, -0.25) is 10.6 Å². The fourth-order valence-corrected chi connectivity index (χ4v) is 4.75. The summed E-state index contributed by atoms with van der Waals surface area (Å²) < 4.78 is 25.8. The largest absolute Gasteiger partial charge is 0.477 e. The standard InChI is InChI=1S/C25H36FN9O4/c1-5-38-22-13-28-21(12-29-22)31-24(36)34(4)18-15-35(11-7-17(18)26)23-27-9-6-20(30-23)32-25(37)39-19-8-10-33(3)14-16(19)2/h6,9,12-13,16-19H,5,7-8,10-11,14-15H2,1-4H3,(H,28,31,36)(H,27,30,32,37)/t16-,17+,18-,19-/m0/s1. The number of anilines is 3. The second kappa shape index (κ2) is 12.8. The Bertz CT molecular complexity index is 1120. The Morgan fingerprint density at radius 2 is 1.95 bits per heavy atom. The Morgan fingerprint density at radius 3 is 2.67 bits per heavy atom. The SMILES string of the molecule is CCOc1cnc(NC(=O)N(C)[C@H]2CN(c3nccc(NC(=O)O[C@H]4CCN(C)C[C@@H]4C)n3)CC[C@H]2F)cn1. The molecule has 212 valence electrons. The molecule has 4 atom stereocenters. The Kier molecular flexibility index (Phi) is 9.28. The number of alkyl halides is 1. The second-order valence-corrected chi connectivity index (χ2v) is 9.87. The van der Waals surface area contributed by atoms with E-state index in [-0.39, 0.29) is 36.6 Å². The molecule has 13 nitrogen and oxygen atoms in total. The van der Waals surface area contributed by atoms with Gasteiger partial charge in [-0.25, -0.2) is 28.9 Å². The van der Waals surface area contributed by atoms with Crippen LogP contribution >= 0.6 is 0 Å². The number of likely N-dealkylation sites (tertiary alicyclic amines) is 1. The number of amides is 3. The summed E-state index contributed by atoms with van der Waals surface area (Å²) in [5, 5.41) is 5.31. The predicted molar refractivity (Wildman–Crippen MR) is 143 cm³/mol. The number of aromatic nitrogens is 4. The van der Waals surface area contributed by atoms with Gasteiger partial charge >= 0.3 is 12.1 Å². The maximum absolute atomic E-state index is 14.9. The summed E-state index contributed by atoms with van der Waals surface area (Å²) in [7, 11) is 3.57. The number of halogens is 1. The normalized spacial score (nSPS) is 23.6. The highest BCUT2D eigenvalue weighted by atomic mass is 19.1. The lowest BCUT2D eigenvalue weighted by Gasteiger charge is -2.39. The van der Waals surface area contributed by atoms with Crippen molar-refractivity contribution in [3.63, 3.8) is 0 Å². The van der Waals surface area contributed by atoms with Gasteiger partial charge in [0.2, 0.25) is 11.8 Å². The van der Waals surface area contributed by atoms with Gasteiger partial charge in [0, 0.05) is 45.3 Å². The fraction of sp³-hybridized carbons (Fsp3) is 0.600. The van der Waals surface area contributed by atoms with E-state index < -0.39 is 24.3 Å². The molecule has 3 amide bonds. The quantitative estimate of drug-likeness (QED) is 0.534. The number of hydrogen-bond acceptors (Lipinski definition) is 10. The van der Waals surface area contributed by atoms with E-state index in [1.807, 2.05) is 14.0 Å². The molecule has 0 aromatic carbocycles. The van der Waals surface area contributed by atoms with Crippen molar-refractivity contribution in [3.05, 3.63) is 24.7 Å². The number of ether oxygens (including phenoxy) is 2. The van der Waals surface area contributed by atoms with Gasteiger partial charge in [0.25, 0.3) is 0 Å². The number of carbonyl (C=O) groups is 2. The van der Waals surface area contributed by atoms with Crippen LogP contribution in [-0.2, 0) is 4.74 Å². The van der Waals surface area contributed by atoms with Crippen LogP contribution < -0.4 is 20.3 Å². The summed E-state index contributed by atoms with van der Waals surface area (Å²) in [5.74, 6) is 1.40. The fourth-order valence-electron chi connectivity index (χ4n) is 4.75.